The average molecular weight is 378 g/mol. The normalized spacial score (nSPS) is 11.4. The molecule has 0 atom stereocenters. The molecule has 7 heteroatoms. The number of hydrogen-bond donors (Lipinski definition) is 0. The average Bonchev–Trinajstić information content (AvgIpc) is 2.65. The van der Waals surface area contributed by atoms with Crippen molar-refractivity contribution >= 4 is 15.9 Å². The Hall–Kier alpha value is -2.67. The van der Waals surface area contributed by atoms with E-state index in [0.717, 1.165) is 5.41 Å². The van der Waals surface area contributed by atoms with E-state index in [-0.39, 0.29) is 5.75 Å². The van der Waals surface area contributed by atoms with Gasteiger partial charge in [0.05, 0.1) is 39.8 Å². The third kappa shape index (κ3) is 4.92. The van der Waals surface area contributed by atoms with Crippen molar-refractivity contribution in [3.8, 4) is 23.0 Å². The zero-order chi connectivity index (χ0) is 19.2. The zero-order valence-electron chi connectivity index (χ0n) is 15.2. The minimum atomic E-state index is -3.48. The van der Waals surface area contributed by atoms with Gasteiger partial charge in [0.2, 0.25) is 0 Å². The number of ether oxygens (including phenoxy) is 4. The molecule has 0 radical (unpaired) electrons. The van der Waals surface area contributed by atoms with Crippen LogP contribution in [0, 0.1) is 0 Å². The van der Waals surface area contributed by atoms with Crippen LogP contribution < -0.4 is 18.9 Å². The van der Waals surface area contributed by atoms with Crippen LogP contribution in [0.3, 0.4) is 0 Å². The predicted octanol–water partition coefficient (Wildman–Crippen LogP) is 3.31. The van der Waals surface area contributed by atoms with E-state index in [9.17, 15) is 8.42 Å². The highest BCUT2D eigenvalue weighted by Gasteiger charge is 2.13. The summed E-state index contributed by atoms with van der Waals surface area (Å²) in [6, 6.07) is 10.2. The van der Waals surface area contributed by atoms with E-state index < -0.39 is 9.84 Å². The monoisotopic (exact) mass is 378 g/mol. The van der Waals surface area contributed by atoms with Gasteiger partial charge in [-0.3, -0.25) is 0 Å². The molecule has 140 valence electrons. The first-order valence-electron chi connectivity index (χ1n) is 7.76. The second-order valence-corrected chi connectivity index (χ2v) is 7.29. The second-order valence-electron chi connectivity index (χ2n) is 5.40. The largest absolute Gasteiger partial charge is 0.497 e. The quantitative estimate of drug-likeness (QED) is 0.702. The van der Waals surface area contributed by atoms with Gasteiger partial charge in [-0.05, 0) is 23.8 Å². The Morgan fingerprint density at radius 1 is 0.808 bits per heavy atom. The van der Waals surface area contributed by atoms with Crippen molar-refractivity contribution in [3.63, 3.8) is 0 Å². The van der Waals surface area contributed by atoms with Gasteiger partial charge in [0.15, 0.2) is 9.84 Å². The molecule has 0 heterocycles. The molecule has 0 aliphatic carbocycles. The number of sulfone groups is 1. The maximum atomic E-state index is 12.4. The van der Waals surface area contributed by atoms with Crippen molar-refractivity contribution < 1.29 is 27.4 Å². The Kier molecular flexibility index (Phi) is 6.52. The molecule has 26 heavy (non-hydrogen) atoms. The van der Waals surface area contributed by atoms with Gasteiger partial charge in [-0.1, -0.05) is 12.1 Å². The molecule has 0 aliphatic heterocycles. The summed E-state index contributed by atoms with van der Waals surface area (Å²) in [5.74, 6) is 2.02. The molecule has 0 unspecified atom stereocenters. The first-order valence-corrected chi connectivity index (χ1v) is 9.47. The fraction of sp³-hybridized carbons (Fsp3) is 0.263. The second kappa shape index (κ2) is 8.62. The van der Waals surface area contributed by atoms with Gasteiger partial charge < -0.3 is 18.9 Å². The Balaban J connectivity index is 2.29. The predicted molar refractivity (Wildman–Crippen MR) is 101 cm³/mol. The lowest BCUT2D eigenvalue weighted by molar-refractivity contribution is 0.374. The number of benzene rings is 2. The molecule has 2 aromatic carbocycles. The topological polar surface area (TPSA) is 71.1 Å². The number of methoxy groups -OCH3 is 4. The highest BCUT2D eigenvalue weighted by molar-refractivity contribution is 7.93. The third-order valence-electron chi connectivity index (χ3n) is 3.72. The maximum absolute atomic E-state index is 12.4. The van der Waals surface area contributed by atoms with E-state index >= 15 is 0 Å². The van der Waals surface area contributed by atoms with E-state index in [1.807, 2.05) is 0 Å². The lowest BCUT2D eigenvalue weighted by Gasteiger charge is -2.12. The van der Waals surface area contributed by atoms with Crippen molar-refractivity contribution in [2.75, 3.05) is 28.4 Å². The highest BCUT2D eigenvalue weighted by atomic mass is 32.2. The fourth-order valence-corrected chi connectivity index (χ4v) is 3.47. The van der Waals surface area contributed by atoms with Crippen LogP contribution in [0.5, 0.6) is 23.0 Å². The molecule has 0 N–H and O–H groups in total. The van der Waals surface area contributed by atoms with Crippen LogP contribution in [0.2, 0.25) is 0 Å². The summed E-state index contributed by atoms with van der Waals surface area (Å²) in [5, 5.41) is 1.16. The summed E-state index contributed by atoms with van der Waals surface area (Å²) >= 11 is 0. The molecule has 0 aliphatic rings. The zero-order valence-corrected chi connectivity index (χ0v) is 16.0. The first-order chi connectivity index (χ1) is 12.4. The summed E-state index contributed by atoms with van der Waals surface area (Å²) in [5.41, 5.74) is 1.19. The van der Waals surface area contributed by atoms with Crippen molar-refractivity contribution in [1.29, 1.82) is 0 Å². The van der Waals surface area contributed by atoms with Gasteiger partial charge in [-0.2, -0.15) is 0 Å². The summed E-state index contributed by atoms with van der Waals surface area (Å²) < 4.78 is 45.7. The first kappa shape index (κ1) is 19.7. The van der Waals surface area contributed by atoms with Gasteiger partial charge in [0, 0.05) is 17.5 Å². The van der Waals surface area contributed by atoms with Gasteiger partial charge in [-0.15, -0.1) is 0 Å². The number of rotatable bonds is 8. The standard InChI is InChI=1S/C19H22O6S/c1-22-15-7-5-14(6-8-15)13-26(20,21)10-9-17-18(24-3)11-16(23-2)12-19(17)25-4/h5-12H,13H2,1-4H3/b10-9+. The van der Waals surface area contributed by atoms with E-state index in [1.54, 1.807) is 43.5 Å². The van der Waals surface area contributed by atoms with Gasteiger partial charge in [0.25, 0.3) is 0 Å². The van der Waals surface area contributed by atoms with Crippen LogP contribution in [-0.4, -0.2) is 36.9 Å². The van der Waals surface area contributed by atoms with E-state index in [2.05, 4.69) is 0 Å². The lowest BCUT2D eigenvalue weighted by Crippen LogP contribution is -2.00. The van der Waals surface area contributed by atoms with E-state index in [1.165, 1.54) is 27.4 Å². The van der Waals surface area contributed by atoms with Gasteiger partial charge in [-0.25, -0.2) is 8.42 Å². The van der Waals surface area contributed by atoms with Crippen LogP contribution >= 0.6 is 0 Å². The number of hydrogen-bond acceptors (Lipinski definition) is 6. The Morgan fingerprint density at radius 3 is 1.81 bits per heavy atom. The molecule has 0 amide bonds. The molecule has 6 nitrogen and oxygen atoms in total. The van der Waals surface area contributed by atoms with Crippen LogP contribution in [0.1, 0.15) is 11.1 Å². The molecule has 0 spiro atoms. The summed E-state index contributed by atoms with van der Waals surface area (Å²) in [6.07, 6.45) is 1.47. The van der Waals surface area contributed by atoms with E-state index in [0.29, 0.717) is 34.1 Å². The maximum Gasteiger partial charge on any atom is 0.175 e. The summed E-state index contributed by atoms with van der Waals surface area (Å²) in [4.78, 5) is 0. The van der Waals surface area contributed by atoms with Crippen LogP contribution in [0.15, 0.2) is 41.8 Å². The third-order valence-corrected chi connectivity index (χ3v) is 5.01. The molecule has 0 saturated carbocycles. The Morgan fingerprint density at radius 2 is 1.35 bits per heavy atom. The lowest BCUT2D eigenvalue weighted by atomic mass is 10.1. The SMILES string of the molecule is COc1ccc(CS(=O)(=O)/C=C/c2c(OC)cc(OC)cc2OC)cc1. The van der Waals surface area contributed by atoms with Crippen molar-refractivity contribution in [1.82, 2.24) is 0 Å². The van der Waals surface area contributed by atoms with Crippen molar-refractivity contribution in [2.24, 2.45) is 0 Å². The fourth-order valence-electron chi connectivity index (χ4n) is 2.37. The highest BCUT2D eigenvalue weighted by Crippen LogP contribution is 2.35. The van der Waals surface area contributed by atoms with E-state index in [4.69, 9.17) is 18.9 Å². The van der Waals surface area contributed by atoms with Crippen LogP contribution in [0.25, 0.3) is 6.08 Å². The minimum Gasteiger partial charge on any atom is -0.497 e. The molecule has 0 fully saturated rings. The van der Waals surface area contributed by atoms with Gasteiger partial charge >= 0.3 is 0 Å². The van der Waals surface area contributed by atoms with Crippen LogP contribution in [-0.2, 0) is 15.6 Å². The molecular formula is C19H22O6S. The molecule has 0 aromatic heterocycles. The minimum absolute atomic E-state index is 0.117. The van der Waals surface area contributed by atoms with Crippen molar-refractivity contribution in [3.05, 3.63) is 52.9 Å². The van der Waals surface area contributed by atoms with Gasteiger partial charge in [0.1, 0.15) is 23.0 Å². The Bertz CT molecular complexity index is 844. The molecule has 2 rings (SSSR count). The Labute approximate surface area is 153 Å². The molecule has 2 aromatic rings. The van der Waals surface area contributed by atoms with Crippen molar-refractivity contribution in [2.45, 2.75) is 5.75 Å². The summed E-state index contributed by atoms with van der Waals surface area (Å²) in [6.45, 7) is 0. The summed E-state index contributed by atoms with van der Waals surface area (Å²) in [7, 11) is 2.60. The molecule has 0 bridgehead atoms. The molecule has 0 saturated heterocycles. The smallest absolute Gasteiger partial charge is 0.175 e. The van der Waals surface area contributed by atoms with Crippen LogP contribution in [0.4, 0.5) is 0 Å². The molecular weight excluding hydrogens is 356 g/mol.